The molecule has 0 saturated heterocycles. The van der Waals surface area contributed by atoms with Crippen molar-refractivity contribution in [1.29, 1.82) is 0 Å². The summed E-state index contributed by atoms with van der Waals surface area (Å²) in [7, 11) is 0. The molecule has 0 amide bonds. The lowest BCUT2D eigenvalue weighted by atomic mass is 9.89. The van der Waals surface area contributed by atoms with Gasteiger partial charge >= 0.3 is 0 Å². The zero-order valence-electron chi connectivity index (χ0n) is 11.5. The number of aliphatic hydroxyl groups excluding tert-OH is 1. The molecule has 2 aromatic rings. The maximum atomic E-state index is 13.1. The van der Waals surface area contributed by atoms with E-state index >= 15 is 0 Å². The third-order valence-corrected chi connectivity index (χ3v) is 4.57. The summed E-state index contributed by atoms with van der Waals surface area (Å²) in [4.78, 5) is 0. The highest BCUT2D eigenvalue weighted by Crippen LogP contribution is 2.35. The van der Waals surface area contributed by atoms with E-state index in [4.69, 9.17) is 4.74 Å². The second-order valence-corrected chi connectivity index (χ2v) is 6.11. The number of ether oxygens (including phenoxy) is 1. The largest absolute Gasteiger partial charge is 0.489 e. The van der Waals surface area contributed by atoms with E-state index in [9.17, 15) is 9.50 Å². The summed E-state index contributed by atoms with van der Waals surface area (Å²) >= 11 is 3.35. The first-order chi connectivity index (χ1) is 10.1. The molecule has 0 spiro atoms. The molecule has 2 nitrogen and oxygen atoms in total. The Balaban J connectivity index is 1.81. The van der Waals surface area contributed by atoms with Gasteiger partial charge < -0.3 is 9.84 Å². The molecule has 2 aromatic carbocycles. The molecule has 1 unspecified atom stereocenters. The van der Waals surface area contributed by atoms with Crippen LogP contribution in [0.4, 0.5) is 4.39 Å². The van der Waals surface area contributed by atoms with Crippen LogP contribution in [0, 0.1) is 5.82 Å². The lowest BCUT2D eigenvalue weighted by Gasteiger charge is -2.23. The lowest BCUT2D eigenvalue weighted by molar-refractivity contribution is 0.155. The molecule has 21 heavy (non-hydrogen) atoms. The Morgan fingerprint density at radius 1 is 1.29 bits per heavy atom. The lowest BCUT2D eigenvalue weighted by Crippen LogP contribution is -2.11. The third-order valence-electron chi connectivity index (χ3n) is 3.83. The summed E-state index contributed by atoms with van der Waals surface area (Å²) in [6.07, 6.45) is 2.30. The summed E-state index contributed by atoms with van der Waals surface area (Å²) < 4.78 is 19.7. The van der Waals surface area contributed by atoms with E-state index in [-0.39, 0.29) is 5.82 Å². The first-order valence-corrected chi connectivity index (χ1v) is 7.81. The van der Waals surface area contributed by atoms with Gasteiger partial charge in [-0.3, -0.25) is 0 Å². The van der Waals surface area contributed by atoms with Crippen molar-refractivity contribution in [2.45, 2.75) is 32.0 Å². The van der Waals surface area contributed by atoms with Gasteiger partial charge in [0.15, 0.2) is 0 Å². The summed E-state index contributed by atoms with van der Waals surface area (Å²) in [5.41, 5.74) is 2.96. The average molecular weight is 351 g/mol. The predicted octanol–water partition coefficient (Wildman–Crippen LogP) is 4.54. The van der Waals surface area contributed by atoms with Crippen LogP contribution in [0.3, 0.4) is 0 Å². The van der Waals surface area contributed by atoms with Gasteiger partial charge in [0, 0.05) is 10.0 Å². The molecule has 1 aliphatic rings. The fourth-order valence-electron chi connectivity index (χ4n) is 2.72. The molecule has 4 heteroatoms. The SMILES string of the molecule is OC1CCCc2c(OCc3ccc(F)cc3Br)cccc21. The summed E-state index contributed by atoms with van der Waals surface area (Å²) in [5, 5.41) is 10.0. The number of aliphatic hydroxyl groups is 1. The van der Waals surface area contributed by atoms with E-state index in [1.165, 1.54) is 12.1 Å². The Hall–Kier alpha value is -1.39. The van der Waals surface area contributed by atoms with Gasteiger partial charge in [0.25, 0.3) is 0 Å². The molecular weight excluding hydrogens is 335 g/mol. The number of hydrogen-bond acceptors (Lipinski definition) is 2. The van der Waals surface area contributed by atoms with Crippen molar-refractivity contribution >= 4 is 15.9 Å². The van der Waals surface area contributed by atoms with Gasteiger partial charge in [0.1, 0.15) is 18.2 Å². The van der Waals surface area contributed by atoms with Crippen LogP contribution in [0.2, 0.25) is 0 Å². The Kier molecular flexibility index (Phi) is 4.27. The Morgan fingerprint density at radius 3 is 2.95 bits per heavy atom. The second kappa shape index (κ2) is 6.16. The predicted molar refractivity (Wildman–Crippen MR) is 82.8 cm³/mol. The van der Waals surface area contributed by atoms with Crippen molar-refractivity contribution in [3.63, 3.8) is 0 Å². The standard InChI is InChI=1S/C17H16BrFO2/c18-15-9-12(19)8-7-11(15)10-21-17-6-2-3-13-14(17)4-1-5-16(13)20/h2-3,6-9,16,20H,1,4-5,10H2. The Bertz CT molecular complexity index is 657. The molecule has 0 aliphatic heterocycles. The van der Waals surface area contributed by atoms with Crippen LogP contribution in [0.5, 0.6) is 5.75 Å². The molecule has 110 valence electrons. The first-order valence-electron chi connectivity index (χ1n) is 7.02. The summed E-state index contributed by atoms with van der Waals surface area (Å²) in [6, 6.07) is 10.4. The first kappa shape index (κ1) is 14.5. The summed E-state index contributed by atoms with van der Waals surface area (Å²) in [6.45, 7) is 0.368. The van der Waals surface area contributed by atoms with Gasteiger partial charge in [0.05, 0.1) is 6.10 Å². The van der Waals surface area contributed by atoms with E-state index in [0.29, 0.717) is 11.1 Å². The molecule has 0 heterocycles. The second-order valence-electron chi connectivity index (χ2n) is 5.26. The Labute approximate surface area is 131 Å². The van der Waals surface area contributed by atoms with E-state index in [1.807, 2.05) is 18.2 Å². The summed E-state index contributed by atoms with van der Waals surface area (Å²) in [5.74, 6) is 0.535. The van der Waals surface area contributed by atoms with Crippen molar-refractivity contribution in [2.24, 2.45) is 0 Å². The van der Waals surface area contributed by atoms with Gasteiger partial charge in [-0.2, -0.15) is 0 Å². The topological polar surface area (TPSA) is 29.5 Å². The Morgan fingerprint density at radius 2 is 2.14 bits per heavy atom. The number of benzene rings is 2. The zero-order valence-corrected chi connectivity index (χ0v) is 13.1. The molecule has 1 aliphatic carbocycles. The monoisotopic (exact) mass is 350 g/mol. The van der Waals surface area contributed by atoms with Crippen LogP contribution >= 0.6 is 15.9 Å². The van der Waals surface area contributed by atoms with Crippen LogP contribution in [-0.2, 0) is 13.0 Å². The maximum Gasteiger partial charge on any atom is 0.124 e. The van der Waals surface area contributed by atoms with Crippen LogP contribution in [0.15, 0.2) is 40.9 Å². The van der Waals surface area contributed by atoms with E-state index in [0.717, 1.165) is 41.7 Å². The highest BCUT2D eigenvalue weighted by atomic mass is 79.9. The van der Waals surface area contributed by atoms with Gasteiger partial charge in [-0.1, -0.05) is 34.1 Å². The maximum absolute atomic E-state index is 13.1. The molecule has 0 saturated carbocycles. The molecule has 0 radical (unpaired) electrons. The number of hydrogen-bond donors (Lipinski definition) is 1. The fourth-order valence-corrected chi connectivity index (χ4v) is 3.18. The van der Waals surface area contributed by atoms with Crippen LogP contribution in [0.25, 0.3) is 0 Å². The molecule has 3 rings (SSSR count). The van der Waals surface area contributed by atoms with Gasteiger partial charge in [0.2, 0.25) is 0 Å². The van der Waals surface area contributed by atoms with Crippen LogP contribution < -0.4 is 4.74 Å². The minimum absolute atomic E-state index is 0.272. The smallest absolute Gasteiger partial charge is 0.124 e. The van der Waals surface area contributed by atoms with Crippen LogP contribution in [-0.4, -0.2) is 5.11 Å². The molecule has 0 bridgehead atoms. The highest BCUT2D eigenvalue weighted by Gasteiger charge is 2.20. The van der Waals surface area contributed by atoms with Crippen molar-refractivity contribution in [3.05, 3.63) is 63.4 Å². The van der Waals surface area contributed by atoms with E-state index in [1.54, 1.807) is 6.07 Å². The number of halogens is 2. The number of fused-ring (bicyclic) bond motifs is 1. The van der Waals surface area contributed by atoms with Crippen LogP contribution in [0.1, 0.15) is 35.6 Å². The fraction of sp³-hybridized carbons (Fsp3) is 0.294. The van der Waals surface area contributed by atoms with E-state index < -0.39 is 6.10 Å². The van der Waals surface area contributed by atoms with Crippen molar-refractivity contribution in [1.82, 2.24) is 0 Å². The molecule has 0 aromatic heterocycles. The molecular formula is C17H16BrFO2. The van der Waals surface area contributed by atoms with Crippen molar-refractivity contribution in [2.75, 3.05) is 0 Å². The molecule has 1 atom stereocenters. The van der Waals surface area contributed by atoms with Gasteiger partial charge in [-0.15, -0.1) is 0 Å². The highest BCUT2D eigenvalue weighted by molar-refractivity contribution is 9.10. The van der Waals surface area contributed by atoms with E-state index in [2.05, 4.69) is 15.9 Å². The molecule has 1 N–H and O–H groups in total. The van der Waals surface area contributed by atoms with Crippen molar-refractivity contribution < 1.29 is 14.2 Å². The van der Waals surface area contributed by atoms with Gasteiger partial charge in [-0.05, 0) is 48.6 Å². The third kappa shape index (κ3) is 3.11. The van der Waals surface area contributed by atoms with Crippen molar-refractivity contribution in [3.8, 4) is 5.75 Å². The minimum atomic E-state index is -0.394. The minimum Gasteiger partial charge on any atom is -0.489 e. The normalized spacial score (nSPS) is 17.4. The molecule has 0 fully saturated rings. The van der Waals surface area contributed by atoms with Gasteiger partial charge in [-0.25, -0.2) is 4.39 Å². The number of rotatable bonds is 3. The average Bonchev–Trinajstić information content (AvgIpc) is 2.47. The quantitative estimate of drug-likeness (QED) is 0.880. The zero-order chi connectivity index (χ0) is 14.8.